The molecular weight excluding hydrogens is 186 g/mol. The molecule has 13 heavy (non-hydrogen) atoms. The van der Waals surface area contributed by atoms with E-state index in [0.717, 1.165) is 5.01 Å². The molecule has 0 N–H and O–H groups in total. The molecule has 1 rings (SSSR count). The number of aromatic nitrogens is 1. The minimum atomic E-state index is -0.404. The van der Waals surface area contributed by atoms with E-state index in [1.807, 2.05) is 13.8 Å². The number of carbonyl (C=O) groups excluding carboxylic acids is 1. The van der Waals surface area contributed by atoms with E-state index < -0.39 is 5.60 Å². The summed E-state index contributed by atoms with van der Waals surface area (Å²) in [6.45, 7) is 5.39. The zero-order valence-corrected chi connectivity index (χ0v) is 9.07. The summed E-state index contributed by atoms with van der Waals surface area (Å²) < 4.78 is 5.25. The molecule has 0 aliphatic carbocycles. The van der Waals surface area contributed by atoms with Gasteiger partial charge in [0.2, 0.25) is 0 Å². The van der Waals surface area contributed by atoms with Gasteiger partial charge in [0.1, 0.15) is 10.6 Å². The van der Waals surface area contributed by atoms with Crippen LogP contribution in [0.2, 0.25) is 0 Å². The second-order valence-corrected chi connectivity index (χ2v) is 4.33. The lowest BCUT2D eigenvalue weighted by atomic mass is 10.1. The summed E-state index contributed by atoms with van der Waals surface area (Å²) in [6, 6.07) is 0. The molecule has 0 saturated heterocycles. The summed E-state index contributed by atoms with van der Waals surface area (Å²) in [4.78, 5) is 15.8. The summed E-state index contributed by atoms with van der Waals surface area (Å²) in [5.41, 5.74) is -0.404. The highest BCUT2D eigenvalue weighted by Gasteiger charge is 2.23. The zero-order chi connectivity index (χ0) is 10.1. The van der Waals surface area contributed by atoms with E-state index in [0.29, 0.717) is 4.88 Å². The maximum Gasteiger partial charge on any atom is 0.171 e. The average Bonchev–Trinajstić information content (AvgIpc) is 2.52. The number of methoxy groups -OCH3 is 1. The van der Waals surface area contributed by atoms with E-state index in [-0.39, 0.29) is 5.78 Å². The number of hydrogen-bond acceptors (Lipinski definition) is 4. The van der Waals surface area contributed by atoms with Crippen LogP contribution in [0.25, 0.3) is 0 Å². The minimum Gasteiger partial charge on any atom is -0.372 e. The Labute approximate surface area is 81.8 Å². The van der Waals surface area contributed by atoms with Crippen LogP contribution in [0.3, 0.4) is 0 Å². The molecule has 0 aromatic carbocycles. The highest BCUT2D eigenvalue weighted by molar-refractivity contribution is 7.13. The number of Topliss-reactive ketones (excluding diaryl/α,β-unsaturated/α-hetero) is 1. The lowest BCUT2D eigenvalue weighted by Gasteiger charge is -2.19. The van der Waals surface area contributed by atoms with Crippen LogP contribution in [0.4, 0.5) is 0 Å². The van der Waals surface area contributed by atoms with Gasteiger partial charge >= 0.3 is 0 Å². The van der Waals surface area contributed by atoms with Crippen molar-refractivity contribution in [1.82, 2.24) is 4.98 Å². The molecule has 0 atom stereocenters. The molecule has 0 bridgehead atoms. The third-order valence-corrected chi connectivity index (χ3v) is 3.28. The van der Waals surface area contributed by atoms with Gasteiger partial charge in [0.15, 0.2) is 5.78 Å². The van der Waals surface area contributed by atoms with Gasteiger partial charge in [0.25, 0.3) is 0 Å². The van der Waals surface area contributed by atoms with Crippen molar-refractivity contribution in [1.29, 1.82) is 0 Å². The van der Waals surface area contributed by atoms with E-state index in [1.165, 1.54) is 18.3 Å². The maximum absolute atomic E-state index is 11.0. The molecule has 4 heteroatoms. The third-order valence-electron chi connectivity index (χ3n) is 1.88. The Balaban J connectivity index is 2.98. The lowest BCUT2D eigenvalue weighted by molar-refractivity contribution is 0.0190. The number of nitrogens with zero attached hydrogens (tertiary/aromatic N) is 1. The fourth-order valence-electron chi connectivity index (χ4n) is 0.803. The molecule has 0 saturated carbocycles. The van der Waals surface area contributed by atoms with Gasteiger partial charge < -0.3 is 4.74 Å². The van der Waals surface area contributed by atoms with Crippen molar-refractivity contribution < 1.29 is 9.53 Å². The van der Waals surface area contributed by atoms with Crippen LogP contribution < -0.4 is 0 Å². The zero-order valence-electron chi connectivity index (χ0n) is 8.25. The quantitative estimate of drug-likeness (QED) is 0.701. The number of thiazole rings is 1. The van der Waals surface area contributed by atoms with Crippen molar-refractivity contribution in [2.75, 3.05) is 7.11 Å². The fraction of sp³-hybridized carbons (Fsp3) is 0.556. The number of hydrogen-bond donors (Lipinski definition) is 0. The Morgan fingerprint density at radius 2 is 2.23 bits per heavy atom. The lowest BCUT2D eigenvalue weighted by Crippen LogP contribution is -2.18. The predicted molar refractivity (Wildman–Crippen MR) is 52.2 cm³/mol. The molecule has 0 spiro atoms. The van der Waals surface area contributed by atoms with Crippen LogP contribution in [0.5, 0.6) is 0 Å². The van der Waals surface area contributed by atoms with E-state index in [4.69, 9.17) is 4.74 Å². The highest BCUT2D eigenvalue weighted by Crippen LogP contribution is 2.27. The average molecular weight is 199 g/mol. The first-order valence-corrected chi connectivity index (χ1v) is 4.81. The molecule has 0 radical (unpaired) electrons. The van der Waals surface area contributed by atoms with Crippen LogP contribution in [-0.2, 0) is 10.3 Å². The highest BCUT2D eigenvalue weighted by atomic mass is 32.1. The summed E-state index contributed by atoms with van der Waals surface area (Å²) in [6.07, 6.45) is 1.60. The first-order valence-electron chi connectivity index (χ1n) is 4.00. The van der Waals surface area contributed by atoms with Gasteiger partial charge in [-0.3, -0.25) is 4.79 Å². The normalized spacial score (nSPS) is 11.7. The number of carbonyl (C=O) groups is 1. The van der Waals surface area contributed by atoms with E-state index >= 15 is 0 Å². The van der Waals surface area contributed by atoms with Gasteiger partial charge in [-0.05, 0) is 13.8 Å². The van der Waals surface area contributed by atoms with Crippen LogP contribution in [0.15, 0.2) is 6.20 Å². The number of ether oxygens (including phenoxy) is 1. The molecule has 0 aliphatic rings. The topological polar surface area (TPSA) is 39.2 Å². The van der Waals surface area contributed by atoms with Crippen molar-refractivity contribution in [3.8, 4) is 0 Å². The van der Waals surface area contributed by atoms with Gasteiger partial charge in [0, 0.05) is 20.2 Å². The molecule has 1 aromatic heterocycles. The second kappa shape index (κ2) is 3.55. The molecule has 0 fully saturated rings. The molecule has 3 nitrogen and oxygen atoms in total. The molecular formula is C9H13NO2S. The van der Waals surface area contributed by atoms with Gasteiger partial charge in [-0.1, -0.05) is 0 Å². The van der Waals surface area contributed by atoms with Gasteiger partial charge in [-0.15, -0.1) is 11.3 Å². The molecule has 1 heterocycles. The fourth-order valence-corrected chi connectivity index (χ4v) is 1.69. The summed E-state index contributed by atoms with van der Waals surface area (Å²) in [5, 5.41) is 0.834. The van der Waals surface area contributed by atoms with Crippen LogP contribution in [-0.4, -0.2) is 17.9 Å². The molecule has 0 aliphatic heterocycles. The first-order chi connectivity index (χ1) is 5.97. The standard InChI is InChI=1S/C9H13NO2S/c1-6(11)7-5-10-8(13-7)9(2,3)12-4/h5H,1-4H3. The van der Waals surface area contributed by atoms with Crippen LogP contribution in [0, 0.1) is 0 Å². The monoisotopic (exact) mass is 199 g/mol. The minimum absolute atomic E-state index is 0.0515. The number of ketones is 1. The van der Waals surface area contributed by atoms with Crippen molar-refractivity contribution in [2.45, 2.75) is 26.4 Å². The van der Waals surface area contributed by atoms with Crippen molar-refractivity contribution in [3.05, 3.63) is 16.1 Å². The van der Waals surface area contributed by atoms with E-state index in [2.05, 4.69) is 4.98 Å². The maximum atomic E-state index is 11.0. The van der Waals surface area contributed by atoms with Crippen LogP contribution in [0.1, 0.15) is 35.5 Å². The van der Waals surface area contributed by atoms with Gasteiger partial charge in [-0.2, -0.15) is 0 Å². The summed E-state index contributed by atoms with van der Waals surface area (Å²) >= 11 is 1.39. The Kier molecular flexibility index (Phi) is 2.83. The van der Waals surface area contributed by atoms with Crippen LogP contribution >= 0.6 is 11.3 Å². The molecule has 0 unspecified atom stereocenters. The first kappa shape index (κ1) is 10.3. The summed E-state index contributed by atoms with van der Waals surface area (Å²) in [5.74, 6) is 0.0515. The largest absolute Gasteiger partial charge is 0.372 e. The Hall–Kier alpha value is -0.740. The smallest absolute Gasteiger partial charge is 0.171 e. The Morgan fingerprint density at radius 1 is 1.62 bits per heavy atom. The predicted octanol–water partition coefficient (Wildman–Crippen LogP) is 2.23. The summed E-state index contributed by atoms with van der Waals surface area (Å²) in [7, 11) is 1.63. The van der Waals surface area contributed by atoms with Gasteiger partial charge in [0.05, 0.1) is 4.88 Å². The van der Waals surface area contributed by atoms with Crippen molar-refractivity contribution >= 4 is 17.1 Å². The molecule has 72 valence electrons. The Bertz CT molecular complexity index is 317. The van der Waals surface area contributed by atoms with Crippen molar-refractivity contribution in [2.24, 2.45) is 0 Å². The van der Waals surface area contributed by atoms with Crippen molar-refractivity contribution in [3.63, 3.8) is 0 Å². The van der Waals surface area contributed by atoms with Gasteiger partial charge in [-0.25, -0.2) is 4.98 Å². The molecule has 0 amide bonds. The van der Waals surface area contributed by atoms with E-state index in [9.17, 15) is 4.79 Å². The Morgan fingerprint density at radius 3 is 2.62 bits per heavy atom. The SMILES string of the molecule is COC(C)(C)c1ncc(C(C)=O)s1. The third kappa shape index (κ3) is 2.14. The molecule has 1 aromatic rings. The van der Waals surface area contributed by atoms with E-state index in [1.54, 1.807) is 13.3 Å². The second-order valence-electron chi connectivity index (χ2n) is 3.30. The number of rotatable bonds is 3.